The highest BCUT2D eigenvalue weighted by atomic mass is 32.2. The average Bonchev–Trinajstić information content (AvgIpc) is 3.22. The monoisotopic (exact) mass is 412 g/mol. The number of carbonyl (C=O) groups is 1. The van der Waals surface area contributed by atoms with Crippen molar-refractivity contribution in [3.8, 4) is 5.69 Å². The van der Waals surface area contributed by atoms with Gasteiger partial charge in [0.15, 0.2) is 0 Å². The van der Waals surface area contributed by atoms with Gasteiger partial charge in [-0.1, -0.05) is 36.0 Å². The maximum Gasteiger partial charge on any atom is 0.234 e. The van der Waals surface area contributed by atoms with Gasteiger partial charge >= 0.3 is 0 Å². The van der Waals surface area contributed by atoms with Crippen molar-refractivity contribution in [3.05, 3.63) is 54.3 Å². The highest BCUT2D eigenvalue weighted by molar-refractivity contribution is 7.99. The first-order chi connectivity index (χ1) is 14.2. The molecule has 0 saturated carbocycles. The third-order valence-electron chi connectivity index (χ3n) is 4.73. The summed E-state index contributed by atoms with van der Waals surface area (Å²) in [6.45, 7) is 2.00. The summed E-state index contributed by atoms with van der Waals surface area (Å²) < 4.78 is 15.3. The molecule has 0 aliphatic carbocycles. The van der Waals surface area contributed by atoms with Crippen molar-refractivity contribution in [1.29, 1.82) is 0 Å². The highest BCUT2D eigenvalue weighted by Crippen LogP contribution is 2.28. The maximum atomic E-state index is 14.0. The number of aromatic nitrogens is 4. The van der Waals surface area contributed by atoms with Crippen molar-refractivity contribution in [3.63, 3.8) is 0 Å². The van der Waals surface area contributed by atoms with E-state index in [-0.39, 0.29) is 17.3 Å². The Labute approximate surface area is 172 Å². The standard InChI is InChI=1S/C20H21FN6OS/c21-15-8-2-4-10-17(15)27-20(23-24-25-27)29-14-19(28)22-16-9-3-5-11-18(16)26-12-6-1-7-13-26/h2-5,8-11H,1,6-7,12-14H2,(H,22,28). The number of benzene rings is 2. The topological polar surface area (TPSA) is 75.9 Å². The van der Waals surface area contributed by atoms with E-state index in [1.54, 1.807) is 18.2 Å². The van der Waals surface area contributed by atoms with Gasteiger partial charge in [0.05, 0.1) is 17.1 Å². The Kier molecular flexibility index (Phi) is 6.04. The molecule has 0 unspecified atom stereocenters. The summed E-state index contributed by atoms with van der Waals surface area (Å²) in [5.74, 6) is -0.479. The molecule has 9 heteroatoms. The third kappa shape index (κ3) is 4.56. The Morgan fingerprint density at radius 1 is 1.03 bits per heavy atom. The van der Waals surface area contributed by atoms with Gasteiger partial charge in [-0.05, 0) is 54.0 Å². The minimum atomic E-state index is -0.429. The quantitative estimate of drug-likeness (QED) is 0.625. The molecule has 1 aliphatic rings. The van der Waals surface area contributed by atoms with Crippen molar-refractivity contribution >= 4 is 29.0 Å². The van der Waals surface area contributed by atoms with Gasteiger partial charge in [0.2, 0.25) is 11.1 Å². The molecule has 1 N–H and O–H groups in total. The third-order valence-corrected chi connectivity index (χ3v) is 5.65. The van der Waals surface area contributed by atoms with Crippen molar-refractivity contribution in [2.75, 3.05) is 29.1 Å². The normalized spacial score (nSPS) is 14.0. The van der Waals surface area contributed by atoms with E-state index in [0.29, 0.717) is 5.16 Å². The number of thioether (sulfide) groups is 1. The molecule has 1 aliphatic heterocycles. The number of para-hydroxylation sites is 3. The van der Waals surface area contributed by atoms with Crippen molar-refractivity contribution in [1.82, 2.24) is 20.2 Å². The van der Waals surface area contributed by atoms with E-state index >= 15 is 0 Å². The number of carbonyl (C=O) groups excluding carboxylic acids is 1. The fourth-order valence-electron chi connectivity index (χ4n) is 3.35. The number of anilines is 2. The minimum Gasteiger partial charge on any atom is -0.370 e. The number of hydrogen-bond acceptors (Lipinski definition) is 6. The average molecular weight is 412 g/mol. The molecule has 0 atom stereocenters. The second-order valence-corrected chi connectivity index (χ2v) is 7.67. The van der Waals surface area contributed by atoms with Crippen molar-refractivity contribution < 1.29 is 9.18 Å². The molecular weight excluding hydrogens is 391 g/mol. The van der Waals surface area contributed by atoms with Gasteiger partial charge in [-0.25, -0.2) is 4.39 Å². The second kappa shape index (κ2) is 9.04. The van der Waals surface area contributed by atoms with Crippen LogP contribution in [0.1, 0.15) is 19.3 Å². The second-order valence-electron chi connectivity index (χ2n) is 6.73. The van der Waals surface area contributed by atoms with Gasteiger partial charge in [0, 0.05) is 13.1 Å². The van der Waals surface area contributed by atoms with E-state index in [1.807, 2.05) is 24.3 Å². The van der Waals surface area contributed by atoms with Crippen LogP contribution in [0.25, 0.3) is 5.69 Å². The molecule has 2 aromatic carbocycles. The number of nitrogens with zero attached hydrogens (tertiary/aromatic N) is 5. The first kappa shape index (κ1) is 19.4. The Bertz CT molecular complexity index is 988. The van der Waals surface area contributed by atoms with Gasteiger partial charge in [0.1, 0.15) is 11.5 Å². The van der Waals surface area contributed by atoms with Crippen LogP contribution in [0.3, 0.4) is 0 Å². The largest absolute Gasteiger partial charge is 0.370 e. The van der Waals surface area contributed by atoms with E-state index < -0.39 is 5.82 Å². The molecular formula is C20H21FN6OS. The molecule has 29 heavy (non-hydrogen) atoms. The van der Waals surface area contributed by atoms with E-state index in [4.69, 9.17) is 0 Å². The molecule has 4 rings (SSSR count). The Morgan fingerprint density at radius 2 is 1.76 bits per heavy atom. The van der Waals surface area contributed by atoms with E-state index in [1.165, 1.54) is 17.2 Å². The Balaban J connectivity index is 1.42. The summed E-state index contributed by atoms with van der Waals surface area (Å²) in [6.07, 6.45) is 3.58. The molecule has 1 aromatic heterocycles. The predicted octanol–water partition coefficient (Wildman–Crippen LogP) is 3.52. The molecule has 2 heterocycles. The lowest BCUT2D eigenvalue weighted by atomic mass is 10.1. The van der Waals surface area contributed by atoms with Crippen LogP contribution in [0.5, 0.6) is 0 Å². The summed E-state index contributed by atoms with van der Waals surface area (Å²) in [5.41, 5.74) is 2.09. The lowest BCUT2D eigenvalue weighted by Crippen LogP contribution is -2.30. The smallest absolute Gasteiger partial charge is 0.234 e. The first-order valence-electron chi connectivity index (χ1n) is 9.52. The van der Waals surface area contributed by atoms with Crippen LogP contribution in [0.4, 0.5) is 15.8 Å². The lowest BCUT2D eigenvalue weighted by Gasteiger charge is -2.30. The summed E-state index contributed by atoms with van der Waals surface area (Å²) in [7, 11) is 0. The molecule has 1 saturated heterocycles. The number of halogens is 1. The predicted molar refractivity (Wildman–Crippen MR) is 111 cm³/mol. The zero-order chi connectivity index (χ0) is 20.1. The zero-order valence-corrected chi connectivity index (χ0v) is 16.6. The van der Waals surface area contributed by atoms with E-state index in [0.717, 1.165) is 49.1 Å². The number of hydrogen-bond donors (Lipinski definition) is 1. The summed E-state index contributed by atoms with van der Waals surface area (Å²) in [4.78, 5) is 14.9. The van der Waals surface area contributed by atoms with Crippen molar-refractivity contribution in [2.24, 2.45) is 0 Å². The van der Waals surface area contributed by atoms with E-state index in [9.17, 15) is 9.18 Å². The molecule has 1 fully saturated rings. The number of piperidine rings is 1. The van der Waals surface area contributed by atoms with Crippen LogP contribution in [0.2, 0.25) is 0 Å². The molecule has 0 spiro atoms. The lowest BCUT2D eigenvalue weighted by molar-refractivity contribution is -0.113. The fourth-order valence-corrected chi connectivity index (χ4v) is 4.03. The Morgan fingerprint density at radius 3 is 2.55 bits per heavy atom. The van der Waals surface area contributed by atoms with Crippen LogP contribution < -0.4 is 10.2 Å². The maximum absolute atomic E-state index is 14.0. The highest BCUT2D eigenvalue weighted by Gasteiger charge is 2.17. The molecule has 150 valence electrons. The van der Waals surface area contributed by atoms with Gasteiger partial charge in [0.25, 0.3) is 0 Å². The molecule has 7 nitrogen and oxygen atoms in total. The number of tetrazole rings is 1. The van der Waals surface area contributed by atoms with Crippen LogP contribution in [-0.4, -0.2) is 45.0 Å². The van der Waals surface area contributed by atoms with Gasteiger partial charge in [-0.15, -0.1) is 5.10 Å². The van der Waals surface area contributed by atoms with Gasteiger partial charge in [-0.3, -0.25) is 4.79 Å². The first-order valence-corrected chi connectivity index (χ1v) is 10.5. The summed E-state index contributed by atoms with van der Waals surface area (Å²) in [5, 5.41) is 14.7. The van der Waals surface area contributed by atoms with Gasteiger partial charge in [-0.2, -0.15) is 4.68 Å². The minimum absolute atomic E-state index is 0.114. The van der Waals surface area contributed by atoms with Crippen LogP contribution >= 0.6 is 11.8 Å². The van der Waals surface area contributed by atoms with Crippen LogP contribution in [0.15, 0.2) is 53.7 Å². The number of nitrogens with one attached hydrogen (secondary N) is 1. The van der Waals surface area contributed by atoms with Crippen molar-refractivity contribution in [2.45, 2.75) is 24.4 Å². The SMILES string of the molecule is O=C(CSc1nnnn1-c1ccccc1F)Nc1ccccc1N1CCCCC1. The summed E-state index contributed by atoms with van der Waals surface area (Å²) >= 11 is 1.16. The van der Waals surface area contributed by atoms with Gasteiger partial charge < -0.3 is 10.2 Å². The molecule has 3 aromatic rings. The molecule has 0 bridgehead atoms. The Hall–Kier alpha value is -2.94. The fraction of sp³-hybridized carbons (Fsp3) is 0.300. The molecule has 1 amide bonds. The number of amides is 1. The van der Waals surface area contributed by atoms with Crippen LogP contribution in [0, 0.1) is 5.82 Å². The van der Waals surface area contributed by atoms with E-state index in [2.05, 4.69) is 25.7 Å². The van der Waals surface area contributed by atoms with Crippen LogP contribution in [-0.2, 0) is 4.79 Å². The molecule has 0 radical (unpaired) electrons. The summed E-state index contributed by atoms with van der Waals surface area (Å²) in [6, 6.07) is 14.1. The number of rotatable bonds is 6. The zero-order valence-electron chi connectivity index (χ0n) is 15.8.